The first-order valence-corrected chi connectivity index (χ1v) is 5.70. The highest BCUT2D eigenvalue weighted by Gasteiger charge is 2.11. The van der Waals surface area contributed by atoms with Crippen molar-refractivity contribution in [2.45, 2.75) is 26.4 Å². The lowest BCUT2D eigenvalue weighted by Crippen LogP contribution is -2.36. The third-order valence-corrected chi connectivity index (χ3v) is 2.71. The van der Waals surface area contributed by atoms with Gasteiger partial charge in [-0.25, -0.2) is 4.39 Å². The Hall–Kier alpha value is -0.640. The van der Waals surface area contributed by atoms with Gasteiger partial charge in [0, 0.05) is 17.6 Å². The Bertz CT molecular complexity index is 324. The van der Waals surface area contributed by atoms with Crippen LogP contribution < -0.4 is 5.32 Å². The second-order valence-corrected chi connectivity index (χ2v) is 4.63. The third-order valence-electron chi connectivity index (χ3n) is 2.49. The molecule has 4 heteroatoms. The molecular formula is C12H17ClFNO. The summed E-state index contributed by atoms with van der Waals surface area (Å²) in [7, 11) is 0. The van der Waals surface area contributed by atoms with E-state index in [4.69, 9.17) is 16.7 Å². The zero-order valence-electron chi connectivity index (χ0n) is 9.50. The van der Waals surface area contributed by atoms with Crippen LogP contribution in [0.1, 0.15) is 19.4 Å². The molecule has 2 N–H and O–H groups in total. The smallest absolute Gasteiger partial charge is 0.125 e. The molecule has 0 aliphatic rings. The van der Waals surface area contributed by atoms with Crippen molar-refractivity contribution in [3.63, 3.8) is 0 Å². The van der Waals surface area contributed by atoms with E-state index >= 15 is 0 Å². The molecule has 1 rings (SSSR count). The summed E-state index contributed by atoms with van der Waals surface area (Å²) >= 11 is 5.74. The average Bonchev–Trinajstić information content (AvgIpc) is 2.16. The summed E-state index contributed by atoms with van der Waals surface area (Å²) in [5, 5.41) is 12.7. The molecule has 1 aromatic rings. The monoisotopic (exact) mass is 245 g/mol. The van der Waals surface area contributed by atoms with Crippen LogP contribution in [0.3, 0.4) is 0 Å². The number of hydrogen-bond acceptors (Lipinski definition) is 2. The summed E-state index contributed by atoms with van der Waals surface area (Å²) < 4.78 is 13.0. The zero-order chi connectivity index (χ0) is 12.1. The molecular weight excluding hydrogens is 229 g/mol. The summed E-state index contributed by atoms with van der Waals surface area (Å²) in [6, 6.07) is 4.44. The Kier molecular flexibility index (Phi) is 5.19. The Morgan fingerprint density at radius 2 is 2.06 bits per heavy atom. The van der Waals surface area contributed by atoms with Crippen LogP contribution in [0.15, 0.2) is 18.2 Å². The summed E-state index contributed by atoms with van der Waals surface area (Å²) in [5.74, 6) is -0.0107. The van der Waals surface area contributed by atoms with E-state index in [0.717, 1.165) is 5.56 Å². The van der Waals surface area contributed by atoms with Gasteiger partial charge in [0.25, 0.3) is 0 Å². The van der Waals surface area contributed by atoms with Gasteiger partial charge in [0.2, 0.25) is 0 Å². The number of nitrogens with one attached hydrogen (secondary N) is 1. The fourth-order valence-electron chi connectivity index (χ4n) is 1.47. The van der Waals surface area contributed by atoms with Gasteiger partial charge in [-0.15, -0.1) is 0 Å². The minimum absolute atomic E-state index is 0.0158. The van der Waals surface area contributed by atoms with Crippen molar-refractivity contribution < 1.29 is 9.50 Å². The molecule has 0 spiro atoms. The Morgan fingerprint density at radius 3 is 2.56 bits per heavy atom. The lowest BCUT2D eigenvalue weighted by Gasteiger charge is -2.20. The van der Waals surface area contributed by atoms with E-state index in [0.29, 0.717) is 17.5 Å². The van der Waals surface area contributed by atoms with Crippen LogP contribution in [-0.2, 0) is 6.54 Å². The van der Waals surface area contributed by atoms with Crippen molar-refractivity contribution in [3.8, 4) is 0 Å². The third kappa shape index (κ3) is 4.08. The van der Waals surface area contributed by atoms with E-state index in [1.165, 1.54) is 12.1 Å². The molecule has 0 radical (unpaired) electrons. The van der Waals surface area contributed by atoms with Gasteiger partial charge in [0.15, 0.2) is 0 Å². The first kappa shape index (κ1) is 13.4. The van der Waals surface area contributed by atoms with E-state index in [1.54, 1.807) is 6.07 Å². The minimum Gasteiger partial charge on any atom is -0.395 e. The average molecular weight is 246 g/mol. The van der Waals surface area contributed by atoms with Crippen molar-refractivity contribution in [3.05, 3.63) is 34.6 Å². The second-order valence-electron chi connectivity index (χ2n) is 4.19. The molecule has 0 bridgehead atoms. The van der Waals surface area contributed by atoms with E-state index in [-0.39, 0.29) is 18.5 Å². The molecule has 0 saturated heterocycles. The lowest BCUT2D eigenvalue weighted by molar-refractivity contribution is 0.210. The molecule has 90 valence electrons. The molecule has 0 saturated carbocycles. The van der Waals surface area contributed by atoms with Crippen LogP contribution in [0, 0.1) is 11.7 Å². The molecule has 1 aromatic carbocycles. The predicted molar refractivity (Wildman–Crippen MR) is 64.0 cm³/mol. The zero-order valence-corrected chi connectivity index (χ0v) is 10.3. The van der Waals surface area contributed by atoms with E-state index in [1.807, 2.05) is 13.8 Å². The van der Waals surface area contributed by atoms with Crippen molar-refractivity contribution >= 4 is 11.6 Å². The second kappa shape index (κ2) is 6.18. The summed E-state index contributed by atoms with van der Waals surface area (Å²) in [6.45, 7) is 4.61. The quantitative estimate of drug-likeness (QED) is 0.836. The molecule has 0 heterocycles. The molecule has 0 aliphatic carbocycles. The summed E-state index contributed by atoms with van der Waals surface area (Å²) in [5.41, 5.74) is 0.782. The number of aliphatic hydroxyl groups is 1. The highest BCUT2D eigenvalue weighted by molar-refractivity contribution is 6.30. The number of hydrogen-bond donors (Lipinski definition) is 2. The topological polar surface area (TPSA) is 32.3 Å². The number of benzene rings is 1. The number of rotatable bonds is 5. The van der Waals surface area contributed by atoms with Gasteiger partial charge in [-0.1, -0.05) is 25.4 Å². The van der Waals surface area contributed by atoms with Gasteiger partial charge in [0.05, 0.1) is 6.61 Å². The van der Waals surface area contributed by atoms with E-state index in [2.05, 4.69) is 5.32 Å². The molecule has 2 nitrogen and oxygen atoms in total. The van der Waals surface area contributed by atoms with Gasteiger partial charge >= 0.3 is 0 Å². The first-order chi connectivity index (χ1) is 7.52. The molecule has 1 atom stereocenters. The minimum atomic E-state index is -0.339. The number of aliphatic hydroxyl groups excluding tert-OH is 1. The Labute approximate surface area is 100 Å². The summed E-state index contributed by atoms with van der Waals surface area (Å²) in [4.78, 5) is 0. The van der Waals surface area contributed by atoms with E-state index in [9.17, 15) is 4.39 Å². The van der Waals surface area contributed by atoms with Crippen molar-refractivity contribution in [2.75, 3.05) is 6.61 Å². The highest BCUT2D eigenvalue weighted by atomic mass is 35.5. The first-order valence-electron chi connectivity index (χ1n) is 5.32. The van der Waals surface area contributed by atoms with Crippen LogP contribution in [-0.4, -0.2) is 17.8 Å². The molecule has 0 fully saturated rings. The largest absolute Gasteiger partial charge is 0.395 e. The van der Waals surface area contributed by atoms with Crippen molar-refractivity contribution in [1.82, 2.24) is 5.32 Å². The normalized spacial score (nSPS) is 13.1. The van der Waals surface area contributed by atoms with Crippen LogP contribution in [0.2, 0.25) is 5.02 Å². The molecule has 0 amide bonds. The fourth-order valence-corrected chi connectivity index (χ4v) is 1.72. The standard InChI is InChI=1S/C12H17ClFNO/c1-8(2)12(7-16)15-6-9-3-10(13)5-11(14)4-9/h3-5,8,12,15-16H,6-7H2,1-2H3. The number of halogens is 2. The highest BCUT2D eigenvalue weighted by Crippen LogP contribution is 2.14. The van der Waals surface area contributed by atoms with Gasteiger partial charge < -0.3 is 10.4 Å². The Morgan fingerprint density at radius 1 is 1.38 bits per heavy atom. The molecule has 0 aromatic heterocycles. The van der Waals surface area contributed by atoms with Crippen molar-refractivity contribution in [1.29, 1.82) is 0 Å². The maximum atomic E-state index is 13.0. The van der Waals surface area contributed by atoms with Crippen molar-refractivity contribution in [2.24, 2.45) is 5.92 Å². The van der Waals surface area contributed by atoms with Crippen LogP contribution in [0.5, 0.6) is 0 Å². The van der Waals surface area contributed by atoms with Gasteiger partial charge in [-0.3, -0.25) is 0 Å². The molecule has 1 unspecified atom stereocenters. The van der Waals surface area contributed by atoms with Gasteiger partial charge in [-0.2, -0.15) is 0 Å². The van der Waals surface area contributed by atoms with Crippen LogP contribution in [0.25, 0.3) is 0 Å². The van der Waals surface area contributed by atoms with Crippen LogP contribution in [0.4, 0.5) is 4.39 Å². The Balaban J connectivity index is 2.60. The molecule has 16 heavy (non-hydrogen) atoms. The summed E-state index contributed by atoms with van der Waals surface area (Å²) in [6.07, 6.45) is 0. The molecule has 0 aliphatic heterocycles. The van der Waals surface area contributed by atoms with E-state index < -0.39 is 0 Å². The van der Waals surface area contributed by atoms with Gasteiger partial charge in [-0.05, 0) is 29.7 Å². The SMILES string of the molecule is CC(C)C(CO)NCc1cc(F)cc(Cl)c1. The maximum absolute atomic E-state index is 13.0. The maximum Gasteiger partial charge on any atom is 0.125 e. The van der Waals surface area contributed by atoms with Crippen LogP contribution >= 0.6 is 11.6 Å². The van der Waals surface area contributed by atoms with Gasteiger partial charge in [0.1, 0.15) is 5.82 Å². The fraction of sp³-hybridized carbons (Fsp3) is 0.500. The lowest BCUT2D eigenvalue weighted by atomic mass is 10.1. The predicted octanol–water partition coefficient (Wildman–Crippen LogP) is 2.59.